The van der Waals surface area contributed by atoms with Gasteiger partial charge in [-0.15, -0.1) is 0 Å². The summed E-state index contributed by atoms with van der Waals surface area (Å²) in [6.45, 7) is 5.55. The maximum Gasteiger partial charge on any atom is 0.248 e. The second-order valence-electron chi connectivity index (χ2n) is 7.26. The van der Waals surface area contributed by atoms with Crippen LogP contribution in [0.5, 0.6) is 0 Å². The van der Waals surface area contributed by atoms with Crippen LogP contribution in [-0.4, -0.2) is 69.1 Å². The monoisotopic (exact) mass is 330 g/mol. The summed E-state index contributed by atoms with van der Waals surface area (Å²) in [5.74, 6) is -1.80. The molecule has 2 aliphatic heterocycles. The Morgan fingerprint density at radius 1 is 1.30 bits per heavy atom. The van der Waals surface area contributed by atoms with E-state index in [4.69, 9.17) is 14.2 Å². The van der Waals surface area contributed by atoms with Crippen LogP contribution < -0.4 is 0 Å². The highest BCUT2D eigenvalue weighted by Gasteiger charge is 2.64. The van der Waals surface area contributed by atoms with Crippen molar-refractivity contribution in [2.45, 2.75) is 75.7 Å². The molecule has 0 aromatic rings. The zero-order chi connectivity index (χ0) is 17.0. The van der Waals surface area contributed by atoms with Crippen LogP contribution in [0.3, 0.4) is 0 Å². The molecule has 7 heteroatoms. The first-order chi connectivity index (χ1) is 10.7. The minimum Gasteiger partial charge on any atom is -0.394 e. The molecule has 4 N–H and O–H groups in total. The van der Waals surface area contributed by atoms with Crippen LogP contribution >= 0.6 is 0 Å². The van der Waals surface area contributed by atoms with Crippen molar-refractivity contribution in [1.29, 1.82) is 0 Å². The molecule has 2 saturated heterocycles. The van der Waals surface area contributed by atoms with Crippen LogP contribution in [0.2, 0.25) is 0 Å². The van der Waals surface area contributed by atoms with E-state index >= 15 is 0 Å². The van der Waals surface area contributed by atoms with Crippen LogP contribution in [0, 0.1) is 5.92 Å². The van der Waals surface area contributed by atoms with Gasteiger partial charge in [0.2, 0.25) is 12.1 Å². The van der Waals surface area contributed by atoms with E-state index in [1.807, 2.05) is 6.92 Å². The van der Waals surface area contributed by atoms with Gasteiger partial charge in [-0.05, 0) is 25.7 Å². The highest BCUT2D eigenvalue weighted by molar-refractivity contribution is 5.17. The van der Waals surface area contributed by atoms with Crippen LogP contribution in [0.4, 0.5) is 0 Å². The van der Waals surface area contributed by atoms with E-state index < -0.39 is 48.7 Å². The maximum atomic E-state index is 10.7. The molecule has 0 unspecified atom stereocenters. The summed E-state index contributed by atoms with van der Waals surface area (Å²) >= 11 is 0. The van der Waals surface area contributed by atoms with E-state index in [-0.39, 0.29) is 0 Å². The first kappa shape index (κ1) is 17.3. The number of ether oxygens (including phenoxy) is 3. The Balaban J connectivity index is 1.88. The molecule has 132 valence electrons. The summed E-state index contributed by atoms with van der Waals surface area (Å²) in [7, 11) is 0. The summed E-state index contributed by atoms with van der Waals surface area (Å²) in [6, 6.07) is 0. The first-order valence-electron chi connectivity index (χ1n) is 8.10. The first-order valence-corrected chi connectivity index (χ1v) is 8.10. The molecule has 3 aliphatic rings. The van der Waals surface area contributed by atoms with Crippen molar-refractivity contribution in [3.05, 3.63) is 11.6 Å². The zero-order valence-electron chi connectivity index (χ0n) is 13.7. The van der Waals surface area contributed by atoms with E-state index in [1.165, 1.54) is 5.57 Å². The predicted molar refractivity (Wildman–Crippen MR) is 79.2 cm³/mol. The zero-order valence-corrected chi connectivity index (χ0v) is 13.7. The molecule has 7 nitrogen and oxygen atoms in total. The van der Waals surface area contributed by atoms with E-state index in [0.717, 1.165) is 0 Å². The molecule has 1 aliphatic carbocycles. The minimum atomic E-state index is -2.16. The topological polar surface area (TPSA) is 109 Å². The van der Waals surface area contributed by atoms with Crippen molar-refractivity contribution < 1.29 is 34.6 Å². The SMILES string of the molecule is CC(C)C1=CC[C@@]2(C)O[C@@H]3O[C@H](CO)[C@@H](O)[C@H](O)[C@]3(O)O[C@@H]2C1. The summed E-state index contributed by atoms with van der Waals surface area (Å²) in [5, 5.41) is 40.3. The fraction of sp³-hybridized carbons (Fsp3) is 0.875. The number of hydrogen-bond acceptors (Lipinski definition) is 7. The Morgan fingerprint density at radius 3 is 2.61 bits per heavy atom. The highest BCUT2D eigenvalue weighted by atomic mass is 16.8. The lowest BCUT2D eigenvalue weighted by molar-refractivity contribution is -0.479. The van der Waals surface area contributed by atoms with E-state index in [0.29, 0.717) is 18.8 Å². The number of hydrogen-bond donors (Lipinski definition) is 4. The van der Waals surface area contributed by atoms with Crippen molar-refractivity contribution in [2.24, 2.45) is 5.92 Å². The van der Waals surface area contributed by atoms with Gasteiger partial charge in [0, 0.05) is 0 Å². The second-order valence-corrected chi connectivity index (χ2v) is 7.26. The molecule has 3 rings (SSSR count). The van der Waals surface area contributed by atoms with Gasteiger partial charge in [0.15, 0.2) is 0 Å². The third kappa shape index (κ3) is 2.64. The van der Waals surface area contributed by atoms with E-state index in [1.54, 1.807) is 0 Å². The van der Waals surface area contributed by atoms with Gasteiger partial charge < -0.3 is 34.6 Å². The molecule has 0 radical (unpaired) electrons. The summed E-state index contributed by atoms with van der Waals surface area (Å²) in [5.41, 5.74) is 0.509. The standard InChI is InChI=1S/C16H26O7/c1-8(2)9-4-5-15(3)11(6-9)22-16(20)13(19)12(18)10(7-17)21-14(16)23-15/h4,8,10-14,17-20H,5-7H2,1-3H3/t10-,11-,12-,13+,14+,15-,16+/m1/s1. The molecule has 0 aromatic heterocycles. The Labute approximate surface area is 135 Å². The molecular weight excluding hydrogens is 304 g/mol. The number of aliphatic hydroxyl groups is 4. The van der Waals surface area contributed by atoms with E-state index in [9.17, 15) is 20.4 Å². The molecule has 0 bridgehead atoms. The number of fused-ring (bicyclic) bond motifs is 2. The molecule has 0 spiro atoms. The van der Waals surface area contributed by atoms with E-state index in [2.05, 4.69) is 19.9 Å². The van der Waals surface area contributed by atoms with Crippen molar-refractivity contribution in [2.75, 3.05) is 6.61 Å². The van der Waals surface area contributed by atoms with Gasteiger partial charge in [0.25, 0.3) is 0 Å². The second kappa shape index (κ2) is 5.77. The van der Waals surface area contributed by atoms with Crippen molar-refractivity contribution in [3.63, 3.8) is 0 Å². The molecule has 7 atom stereocenters. The van der Waals surface area contributed by atoms with Crippen LogP contribution in [0.25, 0.3) is 0 Å². The molecule has 23 heavy (non-hydrogen) atoms. The lowest BCUT2D eigenvalue weighted by atomic mass is 9.79. The Kier molecular flexibility index (Phi) is 4.34. The summed E-state index contributed by atoms with van der Waals surface area (Å²) in [6.07, 6.45) is -2.56. The Hall–Kier alpha value is -0.540. The van der Waals surface area contributed by atoms with Gasteiger partial charge in [-0.3, -0.25) is 0 Å². The van der Waals surface area contributed by atoms with Gasteiger partial charge in [-0.25, -0.2) is 0 Å². The van der Waals surface area contributed by atoms with Crippen LogP contribution in [0.15, 0.2) is 11.6 Å². The Morgan fingerprint density at radius 2 is 2.00 bits per heavy atom. The average Bonchev–Trinajstić information content (AvgIpc) is 2.50. The summed E-state index contributed by atoms with van der Waals surface area (Å²) < 4.78 is 17.2. The quantitative estimate of drug-likeness (QED) is 0.513. The Bertz CT molecular complexity index is 493. The van der Waals surface area contributed by atoms with Gasteiger partial charge in [-0.2, -0.15) is 0 Å². The average molecular weight is 330 g/mol. The lowest BCUT2D eigenvalue weighted by Crippen LogP contribution is -2.74. The molecule has 2 heterocycles. The van der Waals surface area contributed by atoms with Gasteiger partial charge in [0.05, 0.1) is 18.3 Å². The molecule has 2 fully saturated rings. The fourth-order valence-electron chi connectivity index (χ4n) is 3.53. The largest absolute Gasteiger partial charge is 0.394 e. The number of rotatable bonds is 2. The minimum absolute atomic E-state index is 0.354. The van der Waals surface area contributed by atoms with Crippen LogP contribution in [0.1, 0.15) is 33.6 Å². The highest BCUT2D eigenvalue weighted by Crippen LogP contribution is 2.47. The predicted octanol–water partition coefficient (Wildman–Crippen LogP) is -0.336. The van der Waals surface area contributed by atoms with Gasteiger partial charge >= 0.3 is 0 Å². The maximum absolute atomic E-state index is 10.7. The third-order valence-corrected chi connectivity index (χ3v) is 5.26. The molecule has 0 saturated carbocycles. The molecule has 0 aromatic carbocycles. The van der Waals surface area contributed by atoms with Crippen molar-refractivity contribution in [1.82, 2.24) is 0 Å². The molecule has 0 amide bonds. The number of aliphatic hydroxyl groups excluding tert-OH is 3. The normalized spacial score (nSPS) is 50.3. The van der Waals surface area contributed by atoms with Crippen molar-refractivity contribution in [3.8, 4) is 0 Å². The van der Waals surface area contributed by atoms with Crippen LogP contribution in [-0.2, 0) is 14.2 Å². The third-order valence-electron chi connectivity index (χ3n) is 5.26. The lowest BCUT2D eigenvalue weighted by Gasteiger charge is -2.57. The molecular formula is C16H26O7. The smallest absolute Gasteiger partial charge is 0.248 e. The van der Waals surface area contributed by atoms with Crippen molar-refractivity contribution >= 4 is 0 Å². The van der Waals surface area contributed by atoms with Gasteiger partial charge in [-0.1, -0.05) is 25.5 Å². The summed E-state index contributed by atoms with van der Waals surface area (Å²) in [4.78, 5) is 0. The van der Waals surface area contributed by atoms with Gasteiger partial charge in [0.1, 0.15) is 18.3 Å². The fourth-order valence-corrected chi connectivity index (χ4v) is 3.53.